The van der Waals surface area contributed by atoms with Crippen LogP contribution in [-0.2, 0) is 32.4 Å². The van der Waals surface area contributed by atoms with E-state index < -0.39 is 33.5 Å². The summed E-state index contributed by atoms with van der Waals surface area (Å²) in [6.45, 7) is 6.91. The molecule has 0 radical (unpaired) electrons. The summed E-state index contributed by atoms with van der Waals surface area (Å²) < 4.78 is 38.9. The zero-order valence-electron chi connectivity index (χ0n) is 30.5. The smallest absolute Gasteiger partial charge is 0.409 e. The van der Waals surface area contributed by atoms with Gasteiger partial charge in [-0.3, -0.25) is 9.52 Å². The van der Waals surface area contributed by atoms with E-state index >= 15 is 0 Å². The number of fused-ring (bicyclic) bond motifs is 6. The summed E-state index contributed by atoms with van der Waals surface area (Å²) in [7, 11) is -0.523. The number of hydrogen-bond acceptors (Lipinski definition) is 8. The molecule has 2 aromatic rings. The number of carbonyl (C=O) groups is 3. The van der Waals surface area contributed by atoms with Crippen molar-refractivity contribution in [3.8, 4) is 5.75 Å². The van der Waals surface area contributed by atoms with Gasteiger partial charge in [-0.2, -0.15) is 0 Å². The van der Waals surface area contributed by atoms with E-state index in [2.05, 4.69) is 39.1 Å². The number of hydrogen-bond donors (Lipinski definition) is 1. The zero-order chi connectivity index (χ0) is 37.0. The van der Waals surface area contributed by atoms with E-state index in [-0.39, 0.29) is 49.3 Å². The second kappa shape index (κ2) is 16.1. The number of benzene rings is 2. The first kappa shape index (κ1) is 37.9. The van der Waals surface area contributed by atoms with Crippen LogP contribution in [0.3, 0.4) is 0 Å². The first-order valence-electron chi connectivity index (χ1n) is 18.1. The van der Waals surface area contributed by atoms with Gasteiger partial charge in [-0.05, 0) is 91.3 Å². The molecule has 12 nitrogen and oxygen atoms in total. The van der Waals surface area contributed by atoms with Crippen molar-refractivity contribution in [2.75, 3.05) is 64.2 Å². The number of urea groups is 1. The number of piperazine rings is 1. The molecule has 0 aromatic heterocycles. The Morgan fingerprint density at radius 3 is 2.54 bits per heavy atom. The predicted octanol–water partition coefficient (Wildman–Crippen LogP) is 6.32. The minimum Gasteiger partial charge on any atom is -0.491 e. The molecule has 5 atom stereocenters. The summed E-state index contributed by atoms with van der Waals surface area (Å²) in [5.74, 6) is 0.260. The Morgan fingerprint density at radius 1 is 1.04 bits per heavy atom. The maximum absolute atomic E-state index is 14.6. The Kier molecular flexibility index (Phi) is 11.7. The third-order valence-electron chi connectivity index (χ3n) is 11.0. The SMILES string of the molecule is COC(=O)N1CCN(C(=O)NS2(=O)=NC(=O)c3ccc4c(c3)N(Cc3ccc(Cl)cc3CCCCO4)C[C@@H]3C[C@@](OC)(/C=C/C[C@H](C)C2)[C@@H]3C)CC1. The number of aryl methyl sites for hydroxylation is 1. The fourth-order valence-corrected chi connectivity index (χ4v) is 9.87. The molecule has 4 aliphatic heterocycles. The van der Waals surface area contributed by atoms with Crippen molar-refractivity contribution < 1.29 is 32.8 Å². The zero-order valence-corrected chi connectivity index (χ0v) is 32.0. The van der Waals surface area contributed by atoms with Crippen LogP contribution in [-0.4, -0.2) is 96.9 Å². The van der Waals surface area contributed by atoms with Gasteiger partial charge in [0.15, 0.2) is 0 Å². The van der Waals surface area contributed by atoms with Crippen LogP contribution in [0.5, 0.6) is 5.75 Å². The van der Waals surface area contributed by atoms with Crippen molar-refractivity contribution in [1.29, 1.82) is 0 Å². The van der Waals surface area contributed by atoms with Crippen LogP contribution in [0.15, 0.2) is 52.9 Å². The van der Waals surface area contributed by atoms with Crippen LogP contribution in [0.1, 0.15) is 61.0 Å². The summed E-state index contributed by atoms with van der Waals surface area (Å²) in [6.07, 6.45) is 7.76. The second-order valence-corrected chi connectivity index (χ2v) is 16.9. The summed E-state index contributed by atoms with van der Waals surface area (Å²) in [6, 6.07) is 10.7. The van der Waals surface area contributed by atoms with Gasteiger partial charge in [0.25, 0.3) is 5.91 Å². The standard InChI is InChI=1S/C38H50ClN5O7S/c1-26-8-7-14-38(50-4)22-31(27(38)2)24-44-23-30-10-12-32(39)20-28(30)9-5-6-19-51-34-13-11-29(21-33(34)44)35(45)40-52(48,25-26)41-36(46)42-15-17-43(18-16-42)37(47)49-3/h7,10-14,20-21,26-27,31H,5-6,8-9,15-19,22-25H2,1-4H3,(H,40,41,45,46,48)/b14-7+/t26-,27+,31-,38-,52?/m0/s1. The first-order chi connectivity index (χ1) is 24.9. The number of ether oxygens (including phenoxy) is 3. The average Bonchev–Trinajstić information content (AvgIpc) is 3.15. The van der Waals surface area contributed by atoms with Gasteiger partial charge in [0.05, 0.1) is 30.8 Å². The third-order valence-corrected chi connectivity index (χ3v) is 13.2. The lowest BCUT2D eigenvalue weighted by Crippen LogP contribution is -2.56. The largest absolute Gasteiger partial charge is 0.491 e. The van der Waals surface area contributed by atoms with E-state index in [0.717, 1.165) is 36.9 Å². The lowest BCUT2D eigenvalue weighted by atomic mass is 9.61. The number of allylic oxidation sites excluding steroid dienone is 1. The maximum atomic E-state index is 14.6. The van der Waals surface area contributed by atoms with Crippen LogP contribution in [0.4, 0.5) is 15.3 Å². The molecule has 52 heavy (non-hydrogen) atoms. The summed E-state index contributed by atoms with van der Waals surface area (Å²) in [5.41, 5.74) is 2.91. The monoisotopic (exact) mass is 755 g/mol. The molecular weight excluding hydrogens is 706 g/mol. The predicted molar refractivity (Wildman–Crippen MR) is 201 cm³/mol. The molecule has 4 bridgehead atoms. The van der Waals surface area contributed by atoms with Crippen molar-refractivity contribution in [3.63, 3.8) is 0 Å². The van der Waals surface area contributed by atoms with Crippen molar-refractivity contribution >= 4 is 45.2 Å². The molecule has 1 saturated heterocycles. The van der Waals surface area contributed by atoms with Crippen LogP contribution in [0.25, 0.3) is 0 Å². The first-order valence-corrected chi connectivity index (χ1v) is 20.2. The molecule has 4 amide bonds. The molecule has 0 spiro atoms. The lowest BCUT2D eigenvalue weighted by molar-refractivity contribution is -0.116. The number of nitrogens with zero attached hydrogens (tertiary/aromatic N) is 4. The quantitative estimate of drug-likeness (QED) is 0.353. The van der Waals surface area contributed by atoms with Crippen LogP contribution < -0.4 is 14.4 Å². The van der Waals surface area contributed by atoms with Gasteiger partial charge in [0.2, 0.25) is 0 Å². The van der Waals surface area contributed by atoms with E-state index in [1.54, 1.807) is 25.3 Å². The van der Waals surface area contributed by atoms with Gasteiger partial charge >= 0.3 is 12.1 Å². The van der Waals surface area contributed by atoms with Gasteiger partial charge < -0.3 is 28.9 Å². The summed E-state index contributed by atoms with van der Waals surface area (Å²) >= 11 is 6.46. The minimum absolute atomic E-state index is 0.0331. The van der Waals surface area contributed by atoms with Crippen LogP contribution >= 0.6 is 11.6 Å². The number of anilines is 1. The van der Waals surface area contributed by atoms with Crippen molar-refractivity contribution in [2.24, 2.45) is 22.1 Å². The number of nitrogens with one attached hydrogen (secondary N) is 1. The minimum atomic E-state index is -3.58. The molecule has 282 valence electrons. The second-order valence-electron chi connectivity index (χ2n) is 14.5. The summed E-state index contributed by atoms with van der Waals surface area (Å²) in [5, 5.41) is 0.700. The lowest BCUT2D eigenvalue weighted by Gasteiger charge is -2.53. The molecule has 1 unspecified atom stereocenters. The third kappa shape index (κ3) is 8.36. The highest BCUT2D eigenvalue weighted by atomic mass is 35.5. The van der Waals surface area contributed by atoms with E-state index in [0.29, 0.717) is 42.8 Å². The highest BCUT2D eigenvalue weighted by molar-refractivity contribution is 7.92. The van der Waals surface area contributed by atoms with E-state index in [1.807, 2.05) is 19.1 Å². The Hall–Kier alpha value is -3.81. The van der Waals surface area contributed by atoms with Crippen LogP contribution in [0, 0.1) is 17.8 Å². The molecule has 14 heteroatoms. The van der Waals surface area contributed by atoms with Crippen molar-refractivity contribution in [2.45, 2.75) is 58.1 Å². The molecular formula is C38H50ClN5O7S. The summed E-state index contributed by atoms with van der Waals surface area (Å²) in [4.78, 5) is 44.8. The van der Waals surface area contributed by atoms with Crippen molar-refractivity contribution in [3.05, 3.63) is 70.3 Å². The average molecular weight is 756 g/mol. The number of rotatable bonds is 2. The Labute approximate surface area is 312 Å². The Bertz CT molecular complexity index is 1820. The fourth-order valence-electron chi connectivity index (χ4n) is 7.79. The Morgan fingerprint density at radius 2 is 1.81 bits per heavy atom. The number of halogens is 1. The molecule has 5 aliphatic rings. The normalized spacial score (nSPS) is 28.9. The van der Waals surface area contributed by atoms with E-state index in [1.165, 1.54) is 22.5 Å². The highest BCUT2D eigenvalue weighted by Gasteiger charge is 2.50. The molecule has 2 aromatic carbocycles. The topological polar surface area (TPSA) is 130 Å². The number of methoxy groups -OCH3 is 2. The van der Waals surface area contributed by atoms with Gasteiger partial charge in [-0.25, -0.2) is 13.8 Å². The van der Waals surface area contributed by atoms with Gasteiger partial charge in [0.1, 0.15) is 15.7 Å². The molecule has 2 fully saturated rings. The molecule has 1 saturated carbocycles. The van der Waals surface area contributed by atoms with Gasteiger partial charge in [0, 0.05) is 57.0 Å². The van der Waals surface area contributed by atoms with Crippen LogP contribution in [0.2, 0.25) is 5.02 Å². The van der Waals surface area contributed by atoms with Gasteiger partial charge in [-0.15, -0.1) is 4.36 Å². The number of amides is 4. The van der Waals surface area contributed by atoms with E-state index in [9.17, 15) is 18.6 Å². The molecule has 1 N–H and O–H groups in total. The maximum Gasteiger partial charge on any atom is 0.409 e. The fraction of sp³-hybridized carbons (Fsp3) is 0.553. The van der Waals surface area contributed by atoms with Gasteiger partial charge in [-0.1, -0.05) is 43.7 Å². The molecule has 4 heterocycles. The highest BCUT2D eigenvalue weighted by Crippen LogP contribution is 2.49. The molecule has 7 rings (SSSR count). The van der Waals surface area contributed by atoms with Crippen molar-refractivity contribution in [1.82, 2.24) is 14.5 Å². The Balaban J connectivity index is 1.39. The number of carbonyl (C=O) groups excluding carboxylic acids is 3. The van der Waals surface area contributed by atoms with E-state index in [4.69, 9.17) is 25.8 Å². The molecule has 1 aliphatic carbocycles.